The molecule has 0 saturated heterocycles. The van der Waals surface area contributed by atoms with E-state index in [1.165, 1.54) is 5.56 Å². The molecule has 1 aromatic carbocycles. The molecule has 0 aliphatic carbocycles. The first-order valence-electron chi connectivity index (χ1n) is 4.20. The molecule has 0 amide bonds. The van der Waals surface area contributed by atoms with Gasteiger partial charge in [-0.1, -0.05) is 18.2 Å². The van der Waals surface area contributed by atoms with Crippen LogP contribution >= 0.6 is 0 Å². The number of fused-ring (bicyclic) bond motifs is 1. The highest BCUT2D eigenvalue weighted by Crippen LogP contribution is 2.25. The van der Waals surface area contributed by atoms with Crippen LogP contribution < -0.4 is 4.74 Å². The van der Waals surface area contributed by atoms with Crippen LogP contribution in [0.4, 0.5) is 0 Å². The Morgan fingerprint density at radius 2 is 2.00 bits per heavy atom. The van der Waals surface area contributed by atoms with Crippen molar-refractivity contribution in [1.29, 1.82) is 0 Å². The molecule has 0 bridgehead atoms. The summed E-state index contributed by atoms with van der Waals surface area (Å²) in [5.41, 5.74) is 1.23. The van der Waals surface area contributed by atoms with E-state index in [2.05, 4.69) is 18.0 Å². The van der Waals surface area contributed by atoms with Gasteiger partial charge >= 0.3 is 0 Å². The third kappa shape index (κ3) is 1.24. The molecule has 0 radical (unpaired) electrons. The minimum atomic E-state index is 0.834. The highest BCUT2D eigenvalue weighted by molar-refractivity contribution is 5.89. The van der Waals surface area contributed by atoms with Gasteiger partial charge in [-0.2, -0.15) is 0 Å². The third-order valence-electron chi connectivity index (χ3n) is 2.20. The van der Waals surface area contributed by atoms with Crippen molar-refractivity contribution in [1.82, 2.24) is 4.98 Å². The molecular weight excluding hydrogens is 162 g/mol. The molecule has 0 N–H and O–H groups in total. The summed E-state index contributed by atoms with van der Waals surface area (Å²) in [7, 11) is 1.67. The maximum Gasteiger partial charge on any atom is 0.144 e. The molecule has 0 fully saturated rings. The molecule has 1 aromatic heterocycles. The SMILES string of the molecule is COc1cncc2c(C)cccc12. The van der Waals surface area contributed by atoms with E-state index in [0.717, 1.165) is 16.5 Å². The number of rotatable bonds is 1. The van der Waals surface area contributed by atoms with E-state index in [1.54, 1.807) is 13.3 Å². The van der Waals surface area contributed by atoms with Crippen molar-refractivity contribution in [2.45, 2.75) is 6.92 Å². The van der Waals surface area contributed by atoms with Crippen LogP contribution in [0, 0.1) is 6.92 Å². The molecule has 0 aliphatic rings. The lowest BCUT2D eigenvalue weighted by atomic mass is 10.1. The average Bonchev–Trinajstić information content (AvgIpc) is 2.18. The minimum Gasteiger partial charge on any atom is -0.494 e. The average molecular weight is 173 g/mol. The van der Waals surface area contributed by atoms with Gasteiger partial charge < -0.3 is 4.74 Å². The summed E-state index contributed by atoms with van der Waals surface area (Å²) in [5, 5.41) is 2.28. The Labute approximate surface area is 77.2 Å². The molecule has 0 saturated carbocycles. The second kappa shape index (κ2) is 3.05. The summed E-state index contributed by atoms with van der Waals surface area (Å²) >= 11 is 0. The number of pyridine rings is 1. The zero-order valence-corrected chi connectivity index (χ0v) is 7.74. The molecule has 2 heteroatoms. The Hall–Kier alpha value is -1.57. The van der Waals surface area contributed by atoms with E-state index in [9.17, 15) is 0 Å². The number of hydrogen-bond donors (Lipinski definition) is 0. The van der Waals surface area contributed by atoms with Crippen LogP contribution in [0.1, 0.15) is 5.56 Å². The molecule has 0 spiro atoms. The van der Waals surface area contributed by atoms with E-state index in [4.69, 9.17) is 4.74 Å². The first-order chi connectivity index (χ1) is 6.33. The predicted octanol–water partition coefficient (Wildman–Crippen LogP) is 2.55. The van der Waals surface area contributed by atoms with Crippen LogP contribution in [-0.4, -0.2) is 12.1 Å². The number of methoxy groups -OCH3 is 1. The van der Waals surface area contributed by atoms with Crippen molar-refractivity contribution in [3.63, 3.8) is 0 Å². The second-order valence-electron chi connectivity index (χ2n) is 3.01. The zero-order valence-electron chi connectivity index (χ0n) is 7.74. The molecule has 0 aliphatic heterocycles. The summed E-state index contributed by atoms with van der Waals surface area (Å²) < 4.78 is 5.22. The van der Waals surface area contributed by atoms with Gasteiger partial charge in [0.1, 0.15) is 5.75 Å². The van der Waals surface area contributed by atoms with Crippen LogP contribution in [0.5, 0.6) is 5.75 Å². The summed E-state index contributed by atoms with van der Waals surface area (Å²) in [4.78, 5) is 4.12. The number of ether oxygens (including phenoxy) is 1. The Bertz CT molecular complexity index is 437. The van der Waals surface area contributed by atoms with Gasteiger partial charge in [-0.25, -0.2) is 0 Å². The molecule has 2 aromatic rings. The van der Waals surface area contributed by atoms with Crippen molar-refractivity contribution in [3.05, 3.63) is 36.2 Å². The lowest BCUT2D eigenvalue weighted by Gasteiger charge is -2.05. The monoisotopic (exact) mass is 173 g/mol. The number of benzene rings is 1. The fraction of sp³-hybridized carbons (Fsp3) is 0.182. The van der Waals surface area contributed by atoms with Crippen molar-refractivity contribution >= 4 is 10.8 Å². The number of nitrogens with zero attached hydrogens (tertiary/aromatic N) is 1. The largest absolute Gasteiger partial charge is 0.494 e. The van der Waals surface area contributed by atoms with E-state index >= 15 is 0 Å². The predicted molar refractivity (Wildman–Crippen MR) is 53.0 cm³/mol. The van der Waals surface area contributed by atoms with Gasteiger partial charge in [-0.05, 0) is 12.5 Å². The van der Waals surface area contributed by atoms with E-state index in [1.807, 2.05) is 18.3 Å². The first kappa shape index (κ1) is 8.05. The maximum atomic E-state index is 5.22. The first-order valence-corrected chi connectivity index (χ1v) is 4.20. The Kier molecular flexibility index (Phi) is 1.89. The molecular formula is C11H11NO. The molecule has 1 heterocycles. The van der Waals surface area contributed by atoms with Gasteiger partial charge in [0.05, 0.1) is 13.3 Å². The van der Waals surface area contributed by atoms with Crippen molar-refractivity contribution < 1.29 is 4.74 Å². The molecule has 66 valence electrons. The molecule has 0 atom stereocenters. The molecule has 2 nitrogen and oxygen atoms in total. The number of hydrogen-bond acceptors (Lipinski definition) is 2. The van der Waals surface area contributed by atoms with Crippen molar-refractivity contribution in [2.24, 2.45) is 0 Å². The molecule has 13 heavy (non-hydrogen) atoms. The van der Waals surface area contributed by atoms with Crippen LogP contribution in [0.25, 0.3) is 10.8 Å². The van der Waals surface area contributed by atoms with Crippen LogP contribution in [0.15, 0.2) is 30.6 Å². The fourth-order valence-corrected chi connectivity index (χ4v) is 1.48. The van der Waals surface area contributed by atoms with Crippen LogP contribution in [0.3, 0.4) is 0 Å². The van der Waals surface area contributed by atoms with E-state index < -0.39 is 0 Å². The molecule has 2 rings (SSSR count). The van der Waals surface area contributed by atoms with Crippen LogP contribution in [0.2, 0.25) is 0 Å². The summed E-state index contributed by atoms with van der Waals surface area (Å²) in [6, 6.07) is 6.15. The number of aryl methyl sites for hydroxylation is 1. The smallest absolute Gasteiger partial charge is 0.144 e. The van der Waals surface area contributed by atoms with Gasteiger partial charge in [-0.3, -0.25) is 4.98 Å². The summed E-state index contributed by atoms with van der Waals surface area (Å²) in [6.45, 7) is 2.07. The zero-order chi connectivity index (χ0) is 9.26. The molecule has 0 unspecified atom stereocenters. The van der Waals surface area contributed by atoms with Crippen molar-refractivity contribution in [3.8, 4) is 5.75 Å². The van der Waals surface area contributed by atoms with Gasteiger partial charge in [0.15, 0.2) is 0 Å². The van der Waals surface area contributed by atoms with Gasteiger partial charge in [0.2, 0.25) is 0 Å². The van der Waals surface area contributed by atoms with Gasteiger partial charge in [0.25, 0.3) is 0 Å². The topological polar surface area (TPSA) is 22.1 Å². The Morgan fingerprint density at radius 3 is 2.77 bits per heavy atom. The Morgan fingerprint density at radius 1 is 1.15 bits per heavy atom. The van der Waals surface area contributed by atoms with Crippen molar-refractivity contribution in [2.75, 3.05) is 7.11 Å². The van der Waals surface area contributed by atoms with Gasteiger partial charge in [0, 0.05) is 17.0 Å². The van der Waals surface area contributed by atoms with Crippen LogP contribution in [-0.2, 0) is 0 Å². The maximum absolute atomic E-state index is 5.22. The quantitative estimate of drug-likeness (QED) is 0.661. The van der Waals surface area contributed by atoms with E-state index in [-0.39, 0.29) is 0 Å². The lowest BCUT2D eigenvalue weighted by Crippen LogP contribution is -1.87. The standard InChI is InChI=1S/C11H11NO/c1-8-4-3-5-9-10(8)6-12-7-11(9)13-2/h3-7H,1-2H3. The highest BCUT2D eigenvalue weighted by Gasteiger charge is 2.01. The summed E-state index contributed by atoms with van der Waals surface area (Å²) in [6.07, 6.45) is 3.61. The summed E-state index contributed by atoms with van der Waals surface area (Å²) in [5.74, 6) is 0.834. The second-order valence-corrected chi connectivity index (χ2v) is 3.01. The van der Waals surface area contributed by atoms with Gasteiger partial charge in [-0.15, -0.1) is 0 Å². The normalized spacial score (nSPS) is 10.3. The number of aromatic nitrogens is 1. The lowest BCUT2D eigenvalue weighted by molar-refractivity contribution is 0.418. The third-order valence-corrected chi connectivity index (χ3v) is 2.20. The van der Waals surface area contributed by atoms with E-state index in [0.29, 0.717) is 0 Å². The highest BCUT2D eigenvalue weighted by atomic mass is 16.5. The minimum absolute atomic E-state index is 0.834. The fourth-order valence-electron chi connectivity index (χ4n) is 1.48. The Balaban J connectivity index is 2.84.